The van der Waals surface area contributed by atoms with Crippen molar-refractivity contribution in [2.24, 2.45) is 0 Å². The van der Waals surface area contributed by atoms with E-state index < -0.39 is 5.82 Å². The molecular weight excluding hydrogens is 317 g/mol. The van der Waals surface area contributed by atoms with E-state index in [9.17, 15) is 9.18 Å². The predicted molar refractivity (Wildman–Crippen MR) is 96.2 cm³/mol. The second kappa shape index (κ2) is 7.45. The summed E-state index contributed by atoms with van der Waals surface area (Å²) in [4.78, 5) is 12.0. The molecule has 4 nitrogen and oxygen atoms in total. The van der Waals surface area contributed by atoms with Gasteiger partial charge in [-0.05, 0) is 30.3 Å². The fourth-order valence-electron chi connectivity index (χ4n) is 2.68. The highest BCUT2D eigenvalue weighted by Crippen LogP contribution is 2.23. The Hall–Kier alpha value is -3.39. The van der Waals surface area contributed by atoms with Crippen molar-refractivity contribution in [3.63, 3.8) is 0 Å². The zero-order valence-corrected chi connectivity index (χ0v) is 13.4. The molecule has 3 aromatic rings. The van der Waals surface area contributed by atoms with Crippen LogP contribution in [0.4, 0.5) is 10.1 Å². The molecule has 0 spiro atoms. The van der Waals surface area contributed by atoms with Crippen LogP contribution in [-0.2, 0) is 11.3 Å². The summed E-state index contributed by atoms with van der Waals surface area (Å²) in [6, 6.07) is 15.7. The molecule has 0 bridgehead atoms. The number of nitriles is 1. The van der Waals surface area contributed by atoms with Gasteiger partial charge in [-0.1, -0.05) is 24.3 Å². The Labute approximate surface area is 144 Å². The molecule has 3 rings (SSSR count). The number of nitrogens with one attached hydrogen (secondary N) is 1. The highest BCUT2D eigenvalue weighted by Gasteiger charge is 2.06. The van der Waals surface area contributed by atoms with Crippen LogP contribution in [0.5, 0.6) is 0 Å². The maximum Gasteiger partial charge on any atom is 0.248 e. The molecule has 0 aliphatic carbocycles. The van der Waals surface area contributed by atoms with Crippen LogP contribution in [0.15, 0.2) is 60.8 Å². The van der Waals surface area contributed by atoms with E-state index in [4.69, 9.17) is 5.26 Å². The van der Waals surface area contributed by atoms with E-state index in [1.807, 2.05) is 35.0 Å². The largest absolute Gasteiger partial charge is 0.346 e. The SMILES string of the molecule is N#CCCn1cc(/C=C/C(=O)Nc2cccc(F)c2)c2ccccc21. The summed E-state index contributed by atoms with van der Waals surface area (Å²) in [5, 5.41) is 12.4. The van der Waals surface area contributed by atoms with Gasteiger partial charge in [-0.2, -0.15) is 5.26 Å². The predicted octanol–water partition coefficient (Wildman–Crippen LogP) is 4.35. The Bertz CT molecular complexity index is 982. The quantitative estimate of drug-likeness (QED) is 0.706. The number of carbonyl (C=O) groups is 1. The number of hydrogen-bond acceptors (Lipinski definition) is 2. The van der Waals surface area contributed by atoms with E-state index >= 15 is 0 Å². The lowest BCUT2D eigenvalue weighted by Gasteiger charge is -2.01. The van der Waals surface area contributed by atoms with Gasteiger partial charge in [0.1, 0.15) is 5.82 Å². The van der Waals surface area contributed by atoms with Crippen LogP contribution in [0, 0.1) is 17.1 Å². The molecule has 1 amide bonds. The first-order valence-electron chi connectivity index (χ1n) is 7.87. The molecule has 0 atom stereocenters. The zero-order chi connectivity index (χ0) is 17.6. The first-order chi connectivity index (χ1) is 12.2. The van der Waals surface area contributed by atoms with Gasteiger partial charge in [0, 0.05) is 41.0 Å². The van der Waals surface area contributed by atoms with Crippen LogP contribution in [0.2, 0.25) is 0 Å². The topological polar surface area (TPSA) is 57.8 Å². The molecule has 0 aliphatic heterocycles. The Morgan fingerprint density at radius 3 is 2.88 bits per heavy atom. The van der Waals surface area contributed by atoms with Gasteiger partial charge in [0.15, 0.2) is 0 Å². The van der Waals surface area contributed by atoms with Gasteiger partial charge in [-0.3, -0.25) is 4.79 Å². The summed E-state index contributed by atoms with van der Waals surface area (Å²) < 4.78 is 15.2. The molecule has 0 saturated carbocycles. The summed E-state index contributed by atoms with van der Waals surface area (Å²) >= 11 is 0. The maximum absolute atomic E-state index is 13.2. The summed E-state index contributed by atoms with van der Waals surface area (Å²) in [6.07, 6.45) is 5.48. The van der Waals surface area contributed by atoms with Crippen LogP contribution in [-0.4, -0.2) is 10.5 Å². The number of para-hydroxylation sites is 1. The maximum atomic E-state index is 13.2. The minimum absolute atomic E-state index is 0.334. The Morgan fingerprint density at radius 2 is 2.08 bits per heavy atom. The van der Waals surface area contributed by atoms with Crippen LogP contribution < -0.4 is 5.32 Å². The average Bonchev–Trinajstić information content (AvgIpc) is 2.96. The van der Waals surface area contributed by atoms with E-state index in [0.717, 1.165) is 16.5 Å². The van der Waals surface area contributed by atoms with Gasteiger partial charge >= 0.3 is 0 Å². The Balaban J connectivity index is 1.81. The van der Waals surface area contributed by atoms with Gasteiger partial charge in [-0.25, -0.2) is 4.39 Å². The normalized spacial score (nSPS) is 10.9. The number of aryl methyl sites for hydroxylation is 1. The van der Waals surface area contributed by atoms with Crippen molar-refractivity contribution in [3.05, 3.63) is 72.2 Å². The third kappa shape index (κ3) is 3.93. The number of amides is 1. The number of nitrogens with zero attached hydrogens (tertiary/aromatic N) is 2. The standard InChI is InChI=1S/C20H16FN3O/c21-16-5-3-6-17(13-16)23-20(25)10-9-15-14-24(12-4-11-22)19-8-2-1-7-18(15)19/h1-3,5-10,13-14H,4,12H2,(H,23,25)/b10-9+. The molecular formula is C20H16FN3O. The minimum atomic E-state index is -0.401. The minimum Gasteiger partial charge on any atom is -0.346 e. The van der Waals surface area contributed by atoms with Crippen LogP contribution >= 0.6 is 0 Å². The smallest absolute Gasteiger partial charge is 0.248 e. The lowest BCUT2D eigenvalue weighted by atomic mass is 10.1. The molecule has 124 valence electrons. The van der Waals surface area contributed by atoms with Crippen LogP contribution in [0.3, 0.4) is 0 Å². The van der Waals surface area contributed by atoms with Gasteiger partial charge in [0.25, 0.3) is 0 Å². The number of carbonyl (C=O) groups excluding carboxylic acids is 1. The number of fused-ring (bicyclic) bond motifs is 1. The first kappa shape index (κ1) is 16.5. The molecule has 0 saturated heterocycles. The van der Waals surface area contributed by atoms with Crippen molar-refractivity contribution < 1.29 is 9.18 Å². The fourth-order valence-corrected chi connectivity index (χ4v) is 2.68. The molecule has 1 N–H and O–H groups in total. The second-order valence-corrected chi connectivity index (χ2v) is 5.54. The zero-order valence-electron chi connectivity index (χ0n) is 13.4. The molecule has 1 heterocycles. The number of anilines is 1. The number of aromatic nitrogens is 1. The summed E-state index contributed by atoms with van der Waals surface area (Å²) in [5.74, 6) is -0.734. The molecule has 0 fully saturated rings. The molecule has 0 unspecified atom stereocenters. The van der Waals surface area contributed by atoms with Gasteiger partial charge in [0.05, 0.1) is 12.5 Å². The number of rotatable bonds is 5. The highest BCUT2D eigenvalue weighted by atomic mass is 19.1. The number of benzene rings is 2. The molecule has 2 aromatic carbocycles. The number of hydrogen-bond donors (Lipinski definition) is 1. The van der Waals surface area contributed by atoms with Crippen molar-refractivity contribution in [2.75, 3.05) is 5.32 Å². The summed E-state index contributed by atoms with van der Waals surface area (Å²) in [6.45, 7) is 0.598. The van der Waals surface area contributed by atoms with Crippen molar-refractivity contribution in [1.82, 2.24) is 4.57 Å². The lowest BCUT2D eigenvalue weighted by molar-refractivity contribution is -0.111. The molecule has 5 heteroatoms. The van der Waals surface area contributed by atoms with Crippen molar-refractivity contribution >= 4 is 28.6 Å². The third-order valence-corrected chi connectivity index (χ3v) is 3.79. The van der Waals surface area contributed by atoms with E-state index in [1.165, 1.54) is 24.3 Å². The van der Waals surface area contributed by atoms with E-state index in [0.29, 0.717) is 18.7 Å². The highest BCUT2D eigenvalue weighted by molar-refractivity contribution is 6.03. The van der Waals surface area contributed by atoms with Gasteiger partial charge in [-0.15, -0.1) is 0 Å². The van der Waals surface area contributed by atoms with Crippen LogP contribution in [0.25, 0.3) is 17.0 Å². The monoisotopic (exact) mass is 333 g/mol. The molecule has 0 radical (unpaired) electrons. The van der Waals surface area contributed by atoms with E-state index in [-0.39, 0.29) is 5.91 Å². The van der Waals surface area contributed by atoms with E-state index in [2.05, 4.69) is 11.4 Å². The number of halogens is 1. The summed E-state index contributed by atoms with van der Waals surface area (Å²) in [7, 11) is 0. The molecule has 25 heavy (non-hydrogen) atoms. The average molecular weight is 333 g/mol. The first-order valence-corrected chi connectivity index (χ1v) is 7.87. The Kier molecular flexibility index (Phi) is 4.91. The van der Waals surface area contributed by atoms with Gasteiger partial charge in [0.2, 0.25) is 5.91 Å². The molecule has 0 aliphatic rings. The van der Waals surface area contributed by atoms with E-state index in [1.54, 1.807) is 12.1 Å². The second-order valence-electron chi connectivity index (χ2n) is 5.54. The van der Waals surface area contributed by atoms with Gasteiger partial charge < -0.3 is 9.88 Å². The van der Waals surface area contributed by atoms with Crippen molar-refractivity contribution in [1.29, 1.82) is 5.26 Å². The molecule has 1 aromatic heterocycles. The summed E-state index contributed by atoms with van der Waals surface area (Å²) in [5.41, 5.74) is 2.32. The Morgan fingerprint density at radius 1 is 1.24 bits per heavy atom. The third-order valence-electron chi connectivity index (χ3n) is 3.79. The van der Waals surface area contributed by atoms with Crippen molar-refractivity contribution in [3.8, 4) is 6.07 Å². The fraction of sp³-hybridized carbons (Fsp3) is 0.100. The lowest BCUT2D eigenvalue weighted by Crippen LogP contribution is -2.07. The van der Waals surface area contributed by atoms with Crippen molar-refractivity contribution in [2.45, 2.75) is 13.0 Å². The van der Waals surface area contributed by atoms with Crippen LogP contribution in [0.1, 0.15) is 12.0 Å².